The van der Waals surface area contributed by atoms with Crippen LogP contribution in [0, 0.1) is 0 Å². The summed E-state index contributed by atoms with van der Waals surface area (Å²) in [6.45, 7) is 5.07. The number of piperidine rings is 1. The lowest BCUT2D eigenvalue weighted by molar-refractivity contribution is 0.0833. The molecule has 12 nitrogen and oxygen atoms in total. The number of nitrogens with zero attached hydrogens (tertiary/aromatic N) is 5. The fourth-order valence-corrected chi connectivity index (χ4v) is 4.27. The van der Waals surface area contributed by atoms with Crippen LogP contribution in [0.1, 0.15) is 48.8 Å². The number of fused-ring (bicyclic) bond motifs is 1. The maximum absolute atomic E-state index is 12.7. The van der Waals surface area contributed by atoms with Gasteiger partial charge in [0.25, 0.3) is 5.91 Å². The average Bonchev–Trinajstić information content (AvgIpc) is 3.31. The minimum atomic E-state index is -0.500. The van der Waals surface area contributed by atoms with Crippen molar-refractivity contribution in [1.29, 1.82) is 0 Å². The first kappa shape index (κ1) is 25.6. The van der Waals surface area contributed by atoms with Crippen LogP contribution < -0.4 is 19.7 Å². The molecule has 3 N–H and O–H groups in total. The summed E-state index contributed by atoms with van der Waals surface area (Å²) in [7, 11) is 3.22. The molecule has 1 aliphatic rings. The third-order valence-electron chi connectivity index (χ3n) is 6.16. The number of methoxy groups -OCH3 is 2. The highest BCUT2D eigenvalue weighted by Crippen LogP contribution is 2.34. The molecule has 12 heteroatoms. The van der Waals surface area contributed by atoms with E-state index in [0.717, 1.165) is 29.6 Å². The van der Waals surface area contributed by atoms with Crippen LogP contribution in [0.2, 0.25) is 0 Å². The van der Waals surface area contributed by atoms with Gasteiger partial charge in [0, 0.05) is 37.8 Å². The molecule has 3 aromatic rings. The fraction of sp³-hybridized carbons (Fsp3) is 0.542. The van der Waals surface area contributed by atoms with Crippen LogP contribution in [0.5, 0.6) is 11.8 Å². The van der Waals surface area contributed by atoms with Gasteiger partial charge in [-0.15, -0.1) is 0 Å². The van der Waals surface area contributed by atoms with Crippen molar-refractivity contribution in [3.8, 4) is 11.8 Å². The summed E-state index contributed by atoms with van der Waals surface area (Å²) in [5.41, 5.74) is 2.05. The number of aliphatic hydroxyl groups excluding tert-OH is 1. The molecule has 0 spiro atoms. The molecule has 4 rings (SSSR count). The smallest absolute Gasteiger partial charge is 0.322 e. The van der Waals surface area contributed by atoms with Crippen LogP contribution in [0.3, 0.4) is 0 Å². The van der Waals surface area contributed by atoms with Crippen molar-refractivity contribution in [2.45, 2.75) is 44.8 Å². The molecule has 1 amide bonds. The van der Waals surface area contributed by atoms with Gasteiger partial charge in [0.1, 0.15) is 17.5 Å². The number of anilines is 1. The maximum atomic E-state index is 12.7. The predicted molar refractivity (Wildman–Crippen MR) is 133 cm³/mol. The Morgan fingerprint density at radius 1 is 1.25 bits per heavy atom. The van der Waals surface area contributed by atoms with Crippen LogP contribution in [0.25, 0.3) is 11.0 Å². The second-order valence-electron chi connectivity index (χ2n) is 8.96. The van der Waals surface area contributed by atoms with Gasteiger partial charge in [0.05, 0.1) is 26.5 Å². The van der Waals surface area contributed by atoms with Crippen molar-refractivity contribution in [2.24, 2.45) is 0 Å². The lowest BCUT2D eigenvalue weighted by atomic mass is 9.89. The Morgan fingerprint density at radius 2 is 2.03 bits per heavy atom. The first-order valence-corrected chi connectivity index (χ1v) is 12.0. The van der Waals surface area contributed by atoms with E-state index >= 15 is 0 Å². The third-order valence-corrected chi connectivity index (χ3v) is 6.16. The summed E-state index contributed by atoms with van der Waals surface area (Å²) in [5, 5.41) is 13.0. The molecule has 2 atom stereocenters. The largest absolute Gasteiger partial charge is 0.495 e. The number of nitrogens with one attached hydrogen (secondary N) is 2. The van der Waals surface area contributed by atoms with Gasteiger partial charge < -0.3 is 34.5 Å². The van der Waals surface area contributed by atoms with E-state index in [4.69, 9.17) is 14.2 Å². The number of carbonyl (C=O) groups excluding carboxylic acids is 1. The zero-order chi connectivity index (χ0) is 25.7. The Morgan fingerprint density at radius 3 is 2.72 bits per heavy atom. The Hall–Kier alpha value is -3.51. The first-order valence-electron chi connectivity index (χ1n) is 12.0. The molecule has 0 saturated carbocycles. The van der Waals surface area contributed by atoms with Gasteiger partial charge in [0.15, 0.2) is 0 Å². The summed E-state index contributed by atoms with van der Waals surface area (Å²) in [5.74, 6) is 0.877. The minimum absolute atomic E-state index is 0.0585. The van der Waals surface area contributed by atoms with E-state index in [9.17, 15) is 9.90 Å². The highest BCUT2D eigenvalue weighted by atomic mass is 16.5. The number of pyridine rings is 1. The molecule has 1 saturated heterocycles. The van der Waals surface area contributed by atoms with Gasteiger partial charge in [-0.05, 0) is 44.2 Å². The van der Waals surface area contributed by atoms with E-state index in [-0.39, 0.29) is 24.5 Å². The topological polar surface area (TPSA) is 148 Å². The molecule has 0 unspecified atom stereocenters. The third kappa shape index (κ3) is 5.82. The number of hydrogen-bond acceptors (Lipinski definition) is 10. The molecular weight excluding hydrogens is 466 g/mol. The Kier molecular flexibility index (Phi) is 8.16. The van der Waals surface area contributed by atoms with Gasteiger partial charge in [0.2, 0.25) is 11.8 Å². The molecule has 36 heavy (non-hydrogen) atoms. The van der Waals surface area contributed by atoms with E-state index in [2.05, 4.69) is 30.2 Å². The maximum Gasteiger partial charge on any atom is 0.322 e. The number of hydrogen-bond donors (Lipinski definition) is 3. The number of carbonyl (C=O) groups is 1. The number of ether oxygens (including phenoxy) is 3. The number of aromatic nitrogens is 5. The van der Waals surface area contributed by atoms with E-state index < -0.39 is 11.9 Å². The number of aliphatic hydroxyl groups is 1. The lowest BCUT2D eigenvalue weighted by Crippen LogP contribution is -2.38. The molecule has 4 heterocycles. The molecule has 1 fully saturated rings. The first-order chi connectivity index (χ1) is 17.4. The molecule has 0 bridgehead atoms. The van der Waals surface area contributed by atoms with Crippen LogP contribution >= 0.6 is 0 Å². The summed E-state index contributed by atoms with van der Waals surface area (Å²) in [6, 6.07) is 1.63. The van der Waals surface area contributed by atoms with Crippen LogP contribution in [-0.4, -0.2) is 88.6 Å². The van der Waals surface area contributed by atoms with Crippen LogP contribution in [-0.2, 0) is 4.74 Å². The Balaban J connectivity index is 1.53. The highest BCUT2D eigenvalue weighted by molar-refractivity contribution is 5.91. The standard InChI is InChI=1S/C24H33N7O5/c1-14(12-32)27-22(33)21-28-23(30-24(29-21)36-15(2)13-34-3)31-7-5-16(6-8-31)19-11-26-20-18(19)9-17(35-4)10-25-20/h9-11,14-16,32H,5-8,12-13H2,1-4H3,(H,25,26)(H,27,33)/t14-,15-/m1/s1. The molecule has 3 aromatic heterocycles. The van der Waals surface area contributed by atoms with Crippen LogP contribution in [0.15, 0.2) is 18.5 Å². The van der Waals surface area contributed by atoms with Gasteiger partial charge in [-0.25, -0.2) is 4.98 Å². The Labute approximate surface area is 209 Å². The molecular formula is C24H33N7O5. The van der Waals surface area contributed by atoms with E-state index in [1.54, 1.807) is 27.3 Å². The van der Waals surface area contributed by atoms with Gasteiger partial charge >= 0.3 is 6.01 Å². The van der Waals surface area contributed by atoms with E-state index in [0.29, 0.717) is 31.6 Å². The van der Waals surface area contributed by atoms with Gasteiger partial charge in [-0.2, -0.15) is 15.0 Å². The normalized spacial score (nSPS) is 16.1. The lowest BCUT2D eigenvalue weighted by Gasteiger charge is -2.32. The van der Waals surface area contributed by atoms with Crippen molar-refractivity contribution in [2.75, 3.05) is 45.4 Å². The summed E-state index contributed by atoms with van der Waals surface area (Å²) in [6.07, 6.45) is 5.16. The molecule has 0 aromatic carbocycles. The predicted octanol–water partition coefficient (Wildman–Crippen LogP) is 1.66. The highest BCUT2D eigenvalue weighted by Gasteiger charge is 2.27. The summed E-state index contributed by atoms with van der Waals surface area (Å²) >= 11 is 0. The second-order valence-corrected chi connectivity index (χ2v) is 8.96. The van der Waals surface area contributed by atoms with Gasteiger partial charge in [-0.1, -0.05) is 0 Å². The molecule has 194 valence electrons. The SMILES string of the molecule is COC[C@@H](C)Oc1nc(C(=O)N[C@H](C)CO)nc(N2CCC(c3c[nH]c4ncc(OC)cc34)CC2)n1. The van der Waals surface area contributed by atoms with Crippen molar-refractivity contribution in [3.05, 3.63) is 29.8 Å². The monoisotopic (exact) mass is 499 g/mol. The quantitative estimate of drug-likeness (QED) is 0.376. The zero-order valence-electron chi connectivity index (χ0n) is 21.0. The van der Waals surface area contributed by atoms with Crippen molar-refractivity contribution >= 4 is 22.9 Å². The van der Waals surface area contributed by atoms with Crippen molar-refractivity contribution in [3.63, 3.8) is 0 Å². The fourth-order valence-electron chi connectivity index (χ4n) is 4.27. The Bertz CT molecular complexity index is 1180. The average molecular weight is 500 g/mol. The number of H-pyrrole nitrogens is 1. The molecule has 0 aliphatic carbocycles. The second kappa shape index (κ2) is 11.5. The van der Waals surface area contributed by atoms with Crippen molar-refractivity contribution < 1.29 is 24.1 Å². The summed E-state index contributed by atoms with van der Waals surface area (Å²) in [4.78, 5) is 35.5. The minimum Gasteiger partial charge on any atom is -0.495 e. The van der Waals surface area contributed by atoms with Gasteiger partial charge in [-0.3, -0.25) is 4.79 Å². The molecule has 0 radical (unpaired) electrons. The number of rotatable bonds is 10. The van der Waals surface area contributed by atoms with Crippen LogP contribution in [0.4, 0.5) is 5.95 Å². The number of aromatic amines is 1. The zero-order valence-corrected chi connectivity index (χ0v) is 21.0. The summed E-state index contributed by atoms with van der Waals surface area (Å²) < 4.78 is 16.3. The van der Waals surface area contributed by atoms with E-state index in [1.165, 1.54) is 5.56 Å². The molecule has 1 aliphatic heterocycles. The number of amides is 1. The van der Waals surface area contributed by atoms with Crippen molar-refractivity contribution in [1.82, 2.24) is 30.2 Å². The van der Waals surface area contributed by atoms with E-state index in [1.807, 2.05) is 24.1 Å².